The number of carbonyl (C=O) groups is 2. The van der Waals surface area contributed by atoms with Gasteiger partial charge in [0.15, 0.2) is 0 Å². The summed E-state index contributed by atoms with van der Waals surface area (Å²) in [5, 5.41) is 14.5. The Hall–Kier alpha value is -3.32. The van der Waals surface area contributed by atoms with Crippen LogP contribution in [0.2, 0.25) is 0 Å². The van der Waals surface area contributed by atoms with Crippen LogP contribution in [0.4, 0.5) is 0 Å². The highest BCUT2D eigenvalue weighted by molar-refractivity contribution is 6.05. The van der Waals surface area contributed by atoms with Crippen molar-refractivity contribution < 1.29 is 14.7 Å². The smallest absolute Gasteiger partial charge is 0.273 e. The highest BCUT2D eigenvalue weighted by Crippen LogP contribution is 2.22. The molecule has 0 saturated carbocycles. The summed E-state index contributed by atoms with van der Waals surface area (Å²) < 4.78 is 0. The molecule has 3 heterocycles. The minimum atomic E-state index is -0.347. The van der Waals surface area contributed by atoms with Gasteiger partial charge < -0.3 is 15.3 Å². The molecule has 3 aromatic rings. The molecule has 148 valence electrons. The maximum absolute atomic E-state index is 13.2. The molecule has 0 aliphatic carbocycles. The number of likely N-dealkylation sites (tertiary alicyclic amines) is 1. The number of aliphatic hydroxyl groups is 1. The predicted octanol–water partition coefficient (Wildman–Crippen LogP) is 1.88. The van der Waals surface area contributed by atoms with Gasteiger partial charge in [0.05, 0.1) is 11.6 Å². The zero-order valence-corrected chi connectivity index (χ0v) is 15.9. The first-order valence-electron chi connectivity index (χ1n) is 9.62. The molecule has 1 fully saturated rings. The highest BCUT2D eigenvalue weighted by Gasteiger charge is 2.33. The van der Waals surface area contributed by atoms with E-state index in [4.69, 9.17) is 0 Å². The topological polar surface area (TPSA) is 95.4 Å². The van der Waals surface area contributed by atoms with Gasteiger partial charge in [-0.25, -0.2) is 0 Å². The summed E-state index contributed by atoms with van der Waals surface area (Å²) in [5.41, 5.74) is 0.853. The number of rotatable bonds is 4. The number of piperidine rings is 1. The third-order valence-electron chi connectivity index (χ3n) is 5.39. The second kappa shape index (κ2) is 8.36. The molecule has 2 aromatic heterocycles. The number of hydrogen-bond donors (Lipinski definition) is 2. The van der Waals surface area contributed by atoms with Crippen molar-refractivity contribution in [2.45, 2.75) is 12.5 Å². The molecule has 0 radical (unpaired) electrons. The van der Waals surface area contributed by atoms with Crippen LogP contribution in [0.15, 0.2) is 61.1 Å². The maximum atomic E-state index is 13.2. The number of pyridine rings is 2. The van der Waals surface area contributed by atoms with Crippen molar-refractivity contribution in [1.29, 1.82) is 0 Å². The summed E-state index contributed by atoms with van der Waals surface area (Å²) >= 11 is 0. The van der Waals surface area contributed by atoms with Crippen LogP contribution in [0.5, 0.6) is 0 Å². The van der Waals surface area contributed by atoms with Crippen molar-refractivity contribution in [2.75, 3.05) is 19.7 Å². The molecule has 1 saturated heterocycles. The second-order valence-corrected chi connectivity index (χ2v) is 7.18. The number of benzene rings is 1. The van der Waals surface area contributed by atoms with Crippen LogP contribution in [0.25, 0.3) is 10.8 Å². The fourth-order valence-electron chi connectivity index (χ4n) is 3.76. The molecule has 2 atom stereocenters. The van der Waals surface area contributed by atoms with E-state index in [1.165, 1.54) is 6.20 Å². The molecular formula is C22H22N4O3. The molecule has 7 nitrogen and oxygen atoms in total. The second-order valence-electron chi connectivity index (χ2n) is 7.18. The van der Waals surface area contributed by atoms with Gasteiger partial charge in [0.2, 0.25) is 0 Å². The van der Waals surface area contributed by atoms with Crippen molar-refractivity contribution in [1.82, 2.24) is 20.2 Å². The van der Waals surface area contributed by atoms with Gasteiger partial charge in [0, 0.05) is 49.6 Å². The van der Waals surface area contributed by atoms with Gasteiger partial charge >= 0.3 is 0 Å². The fourth-order valence-corrected chi connectivity index (χ4v) is 3.76. The third kappa shape index (κ3) is 3.95. The summed E-state index contributed by atoms with van der Waals surface area (Å²) in [7, 11) is 0. The lowest BCUT2D eigenvalue weighted by Crippen LogP contribution is -2.55. The summed E-state index contributed by atoms with van der Waals surface area (Å²) in [6.07, 6.45) is 5.34. The minimum absolute atomic E-state index is 0.0491. The molecule has 1 aliphatic heterocycles. The summed E-state index contributed by atoms with van der Waals surface area (Å²) in [5.74, 6) is -0.543. The van der Waals surface area contributed by atoms with E-state index in [9.17, 15) is 14.7 Å². The predicted molar refractivity (Wildman–Crippen MR) is 108 cm³/mol. The Morgan fingerprint density at radius 1 is 1.14 bits per heavy atom. The van der Waals surface area contributed by atoms with Crippen molar-refractivity contribution in [3.05, 3.63) is 72.3 Å². The van der Waals surface area contributed by atoms with Crippen molar-refractivity contribution >= 4 is 22.6 Å². The van der Waals surface area contributed by atoms with Crippen LogP contribution in [-0.2, 0) is 0 Å². The maximum Gasteiger partial charge on any atom is 0.273 e. The van der Waals surface area contributed by atoms with Crippen LogP contribution < -0.4 is 5.32 Å². The number of nitrogens with one attached hydrogen (secondary N) is 1. The van der Waals surface area contributed by atoms with Crippen molar-refractivity contribution in [2.24, 2.45) is 5.92 Å². The Morgan fingerprint density at radius 3 is 2.79 bits per heavy atom. The molecular weight excluding hydrogens is 368 g/mol. The SMILES string of the molecule is O=C(N[C@@H]1CN(C(=O)c2nccc3ccccc23)CC[C@@H]1CO)c1cccnc1. The standard InChI is InChI=1S/C22H22N4O3/c27-14-17-8-11-26(13-19(17)25-21(28)16-5-3-9-23-12-16)22(29)20-18-6-2-1-4-15(18)7-10-24-20/h1-7,9-10,12,17,19,27H,8,11,13-14H2,(H,25,28)/t17-,19-/m1/s1. The molecule has 2 N–H and O–H groups in total. The number of aromatic nitrogens is 2. The van der Waals surface area contributed by atoms with E-state index in [1.54, 1.807) is 29.4 Å². The van der Waals surface area contributed by atoms with Gasteiger partial charge in [0.25, 0.3) is 11.8 Å². The molecule has 1 aliphatic rings. The number of aliphatic hydroxyl groups excluding tert-OH is 1. The zero-order chi connectivity index (χ0) is 20.2. The molecule has 1 aromatic carbocycles. The van der Waals surface area contributed by atoms with Gasteiger partial charge in [-0.05, 0) is 30.0 Å². The average molecular weight is 390 g/mol. The first-order valence-corrected chi connectivity index (χ1v) is 9.62. The Balaban J connectivity index is 1.54. The molecule has 0 spiro atoms. The quantitative estimate of drug-likeness (QED) is 0.709. The van der Waals surface area contributed by atoms with Gasteiger partial charge in [-0.3, -0.25) is 19.6 Å². The number of hydrogen-bond acceptors (Lipinski definition) is 5. The molecule has 4 rings (SSSR count). The number of carbonyl (C=O) groups excluding carboxylic acids is 2. The fraction of sp³-hybridized carbons (Fsp3) is 0.273. The Kier molecular flexibility index (Phi) is 5.48. The van der Waals surface area contributed by atoms with Gasteiger partial charge in [0.1, 0.15) is 5.69 Å². The Labute approximate surface area is 168 Å². The van der Waals surface area contributed by atoms with Gasteiger partial charge in [-0.2, -0.15) is 0 Å². The lowest BCUT2D eigenvalue weighted by Gasteiger charge is -2.38. The van der Waals surface area contributed by atoms with Crippen LogP contribution in [0, 0.1) is 5.92 Å². The van der Waals surface area contributed by atoms with E-state index in [0.717, 1.165) is 10.8 Å². The summed E-state index contributed by atoms with van der Waals surface area (Å²) in [6.45, 7) is 0.779. The molecule has 0 bridgehead atoms. The van der Waals surface area contributed by atoms with Gasteiger partial charge in [-0.1, -0.05) is 24.3 Å². The van der Waals surface area contributed by atoms with E-state index < -0.39 is 0 Å². The van der Waals surface area contributed by atoms with Crippen LogP contribution >= 0.6 is 0 Å². The van der Waals surface area contributed by atoms with Crippen LogP contribution in [-0.4, -0.2) is 57.5 Å². The number of amides is 2. The van der Waals surface area contributed by atoms with Crippen molar-refractivity contribution in [3.8, 4) is 0 Å². The molecule has 29 heavy (non-hydrogen) atoms. The van der Waals surface area contributed by atoms with E-state index in [2.05, 4.69) is 15.3 Å². The summed E-state index contributed by atoms with van der Waals surface area (Å²) in [4.78, 5) is 35.7. The van der Waals surface area contributed by atoms with Crippen molar-refractivity contribution in [3.63, 3.8) is 0 Å². The number of nitrogens with zero attached hydrogens (tertiary/aromatic N) is 3. The van der Waals surface area contributed by atoms with Crippen LogP contribution in [0.3, 0.4) is 0 Å². The van der Waals surface area contributed by atoms with E-state index in [-0.39, 0.29) is 30.4 Å². The monoisotopic (exact) mass is 390 g/mol. The largest absolute Gasteiger partial charge is 0.396 e. The molecule has 2 amide bonds. The van der Waals surface area contributed by atoms with E-state index >= 15 is 0 Å². The lowest BCUT2D eigenvalue weighted by molar-refractivity contribution is 0.0538. The van der Waals surface area contributed by atoms with Gasteiger partial charge in [-0.15, -0.1) is 0 Å². The first kappa shape index (κ1) is 19.0. The zero-order valence-electron chi connectivity index (χ0n) is 15.9. The number of fused-ring (bicyclic) bond motifs is 1. The Bertz CT molecular complexity index is 1020. The lowest BCUT2D eigenvalue weighted by atomic mass is 9.91. The first-order chi connectivity index (χ1) is 14.2. The molecule has 7 heteroatoms. The molecule has 0 unspecified atom stereocenters. The van der Waals surface area contributed by atoms with E-state index in [0.29, 0.717) is 30.8 Å². The highest BCUT2D eigenvalue weighted by atomic mass is 16.3. The summed E-state index contributed by atoms with van der Waals surface area (Å²) in [6, 6.07) is 12.5. The Morgan fingerprint density at radius 2 is 2.00 bits per heavy atom. The van der Waals surface area contributed by atoms with Crippen LogP contribution in [0.1, 0.15) is 27.3 Å². The minimum Gasteiger partial charge on any atom is -0.396 e. The normalized spacial score (nSPS) is 19.1. The van der Waals surface area contributed by atoms with E-state index in [1.807, 2.05) is 30.3 Å². The third-order valence-corrected chi connectivity index (χ3v) is 5.39. The average Bonchev–Trinajstić information content (AvgIpc) is 2.78.